The quantitative estimate of drug-likeness (QED) is 0.746. The van der Waals surface area contributed by atoms with Crippen LogP contribution in [0.25, 0.3) is 0 Å². The van der Waals surface area contributed by atoms with Gasteiger partial charge in [0, 0.05) is 36.9 Å². The molecule has 0 amide bonds. The molecule has 1 aliphatic heterocycles. The van der Waals surface area contributed by atoms with E-state index >= 15 is 0 Å². The first kappa shape index (κ1) is 20.2. The molecule has 9 heteroatoms. The molecular weight excluding hydrogens is 411 g/mol. The van der Waals surface area contributed by atoms with Gasteiger partial charge in [-0.25, -0.2) is 8.42 Å². The number of pyridine rings is 1. The van der Waals surface area contributed by atoms with Crippen LogP contribution in [0.1, 0.15) is 18.5 Å². The van der Waals surface area contributed by atoms with E-state index in [1.807, 2.05) is 6.92 Å². The zero-order valence-electron chi connectivity index (χ0n) is 15.0. The number of halogens is 2. The minimum Gasteiger partial charge on any atom is -0.490 e. The second-order valence-electron chi connectivity index (χ2n) is 6.53. The third-order valence-corrected chi connectivity index (χ3v) is 7.31. The van der Waals surface area contributed by atoms with Crippen molar-refractivity contribution in [2.75, 3.05) is 13.1 Å². The van der Waals surface area contributed by atoms with Crippen LogP contribution in [-0.4, -0.2) is 36.5 Å². The van der Waals surface area contributed by atoms with Gasteiger partial charge >= 0.3 is 0 Å². The van der Waals surface area contributed by atoms with Crippen molar-refractivity contribution in [1.29, 1.82) is 0 Å². The second-order valence-corrected chi connectivity index (χ2v) is 9.28. The zero-order chi connectivity index (χ0) is 19.8. The Bertz CT molecular complexity index is 1010. The maximum atomic E-state index is 12.8. The predicted molar refractivity (Wildman–Crippen MR) is 105 cm³/mol. The van der Waals surface area contributed by atoms with Gasteiger partial charge in [0.15, 0.2) is 0 Å². The summed E-state index contributed by atoms with van der Waals surface area (Å²) in [4.78, 5) is 11.9. The summed E-state index contributed by atoms with van der Waals surface area (Å²) in [6.07, 6.45) is 0.884. The number of aryl methyl sites for hydroxylation is 1. The normalized spacial score (nSPS) is 16.4. The summed E-state index contributed by atoms with van der Waals surface area (Å²) in [6, 6.07) is 7.64. The highest BCUT2D eigenvalue weighted by Crippen LogP contribution is 2.30. The molecule has 2 heterocycles. The van der Waals surface area contributed by atoms with Gasteiger partial charge in [0.2, 0.25) is 10.0 Å². The number of piperidine rings is 1. The molecule has 0 N–H and O–H groups in total. The summed E-state index contributed by atoms with van der Waals surface area (Å²) in [5.74, 6) is 0.509. The summed E-state index contributed by atoms with van der Waals surface area (Å²) in [5.41, 5.74) is 0.661. The number of nitrogens with zero attached hydrogens (tertiary/aromatic N) is 2. The van der Waals surface area contributed by atoms with Crippen LogP contribution in [0, 0.1) is 6.92 Å². The molecule has 1 aromatic carbocycles. The van der Waals surface area contributed by atoms with Crippen LogP contribution in [0.4, 0.5) is 0 Å². The molecule has 6 nitrogen and oxygen atoms in total. The molecular formula is C18H20Cl2N2O4S. The van der Waals surface area contributed by atoms with E-state index in [9.17, 15) is 13.2 Å². The van der Waals surface area contributed by atoms with Crippen molar-refractivity contribution in [3.8, 4) is 5.75 Å². The maximum Gasteiger partial charge on any atom is 0.254 e. The highest BCUT2D eigenvalue weighted by atomic mass is 35.5. The van der Waals surface area contributed by atoms with E-state index in [0.29, 0.717) is 36.7 Å². The average Bonchev–Trinajstić information content (AvgIpc) is 2.62. The summed E-state index contributed by atoms with van der Waals surface area (Å²) >= 11 is 12.0. The highest BCUT2D eigenvalue weighted by molar-refractivity contribution is 7.89. The monoisotopic (exact) mass is 430 g/mol. The molecule has 0 atom stereocenters. The third-order valence-electron chi connectivity index (χ3n) is 4.69. The fourth-order valence-electron chi connectivity index (χ4n) is 3.00. The van der Waals surface area contributed by atoms with Gasteiger partial charge in [-0.2, -0.15) is 4.31 Å². The Morgan fingerprint density at radius 1 is 1.11 bits per heavy atom. The van der Waals surface area contributed by atoms with E-state index < -0.39 is 10.0 Å². The van der Waals surface area contributed by atoms with Crippen molar-refractivity contribution in [3.05, 3.63) is 56.4 Å². The molecule has 1 saturated heterocycles. The molecule has 1 aliphatic rings. The predicted octanol–water partition coefficient (Wildman–Crippen LogP) is 3.23. The minimum atomic E-state index is -3.72. The zero-order valence-corrected chi connectivity index (χ0v) is 17.3. The Kier molecular flexibility index (Phi) is 5.86. The van der Waals surface area contributed by atoms with Gasteiger partial charge in [-0.15, -0.1) is 0 Å². The number of rotatable bonds is 4. The van der Waals surface area contributed by atoms with Gasteiger partial charge in [0.25, 0.3) is 5.56 Å². The van der Waals surface area contributed by atoms with Crippen molar-refractivity contribution in [2.45, 2.75) is 30.8 Å². The van der Waals surface area contributed by atoms with E-state index in [4.69, 9.17) is 27.9 Å². The first-order chi connectivity index (χ1) is 12.7. The molecule has 0 unspecified atom stereocenters. The van der Waals surface area contributed by atoms with Crippen LogP contribution in [0.2, 0.25) is 10.0 Å². The molecule has 27 heavy (non-hydrogen) atoms. The molecule has 0 saturated carbocycles. The average molecular weight is 431 g/mol. The van der Waals surface area contributed by atoms with Gasteiger partial charge in [-0.05, 0) is 44.0 Å². The molecule has 2 aromatic rings. The Balaban J connectivity index is 1.70. The van der Waals surface area contributed by atoms with Crippen LogP contribution in [-0.2, 0) is 17.1 Å². The Morgan fingerprint density at radius 2 is 1.78 bits per heavy atom. The Labute approximate surface area is 168 Å². The fourth-order valence-corrected chi connectivity index (χ4v) is 5.21. The van der Waals surface area contributed by atoms with Gasteiger partial charge in [-0.1, -0.05) is 23.2 Å². The summed E-state index contributed by atoms with van der Waals surface area (Å²) in [6.45, 7) is 2.44. The molecule has 0 aliphatic carbocycles. The lowest BCUT2D eigenvalue weighted by molar-refractivity contribution is 0.134. The fraction of sp³-hybridized carbons (Fsp3) is 0.389. The van der Waals surface area contributed by atoms with E-state index in [1.165, 1.54) is 27.1 Å². The first-order valence-corrected chi connectivity index (χ1v) is 10.7. The van der Waals surface area contributed by atoms with Crippen molar-refractivity contribution in [1.82, 2.24) is 8.87 Å². The van der Waals surface area contributed by atoms with Crippen molar-refractivity contribution < 1.29 is 13.2 Å². The van der Waals surface area contributed by atoms with Crippen LogP contribution in [0.5, 0.6) is 5.75 Å². The molecule has 0 radical (unpaired) electrons. The maximum absolute atomic E-state index is 12.8. The number of ether oxygens (including phenoxy) is 1. The van der Waals surface area contributed by atoms with Gasteiger partial charge in [-0.3, -0.25) is 4.79 Å². The van der Waals surface area contributed by atoms with Crippen LogP contribution < -0.4 is 10.3 Å². The van der Waals surface area contributed by atoms with Crippen LogP contribution in [0.15, 0.2) is 40.0 Å². The van der Waals surface area contributed by atoms with Gasteiger partial charge in [0.05, 0.1) is 5.02 Å². The minimum absolute atomic E-state index is 0.0122. The topological polar surface area (TPSA) is 68.6 Å². The molecule has 146 valence electrons. The third kappa shape index (κ3) is 4.32. The number of aromatic nitrogens is 1. The lowest BCUT2D eigenvalue weighted by Gasteiger charge is -2.31. The van der Waals surface area contributed by atoms with Gasteiger partial charge < -0.3 is 9.30 Å². The number of hydrogen-bond acceptors (Lipinski definition) is 4. The lowest BCUT2D eigenvalue weighted by atomic mass is 10.1. The smallest absolute Gasteiger partial charge is 0.254 e. The summed E-state index contributed by atoms with van der Waals surface area (Å²) in [5, 5.41) is 0.464. The van der Waals surface area contributed by atoms with Crippen LogP contribution in [0.3, 0.4) is 0 Å². The molecule has 1 fully saturated rings. The largest absolute Gasteiger partial charge is 0.490 e. The molecule has 1 aromatic heterocycles. The molecule has 0 bridgehead atoms. The Morgan fingerprint density at radius 3 is 2.41 bits per heavy atom. The molecule has 3 rings (SSSR count). The van der Waals surface area contributed by atoms with E-state index in [2.05, 4.69) is 0 Å². The Hall–Kier alpha value is -1.54. The first-order valence-electron chi connectivity index (χ1n) is 8.48. The van der Waals surface area contributed by atoms with Crippen molar-refractivity contribution >= 4 is 33.2 Å². The number of sulfonamides is 1. The SMILES string of the molecule is Cc1cc(OC2CCN(S(=O)(=O)c3cc(Cl)ccc3Cl)CC2)cc(=O)n1C. The summed E-state index contributed by atoms with van der Waals surface area (Å²) < 4.78 is 34.5. The highest BCUT2D eigenvalue weighted by Gasteiger charge is 2.31. The summed E-state index contributed by atoms with van der Waals surface area (Å²) in [7, 11) is -2.02. The van der Waals surface area contributed by atoms with E-state index in [1.54, 1.807) is 19.2 Å². The lowest BCUT2D eigenvalue weighted by Crippen LogP contribution is -2.41. The second kappa shape index (κ2) is 7.83. The standard InChI is InChI=1S/C18H20Cl2N2O4S/c1-12-9-15(11-18(23)21(12)2)26-14-5-7-22(8-6-14)27(24,25)17-10-13(19)3-4-16(17)20/h3-4,9-11,14H,5-8H2,1-2H3. The number of benzene rings is 1. The van der Waals surface area contributed by atoms with E-state index in [-0.39, 0.29) is 21.6 Å². The molecule has 0 spiro atoms. The van der Waals surface area contributed by atoms with Crippen LogP contribution >= 0.6 is 23.2 Å². The van der Waals surface area contributed by atoms with Crippen molar-refractivity contribution in [2.24, 2.45) is 7.05 Å². The number of hydrogen-bond donors (Lipinski definition) is 0. The van der Waals surface area contributed by atoms with Gasteiger partial charge in [0.1, 0.15) is 16.7 Å². The van der Waals surface area contributed by atoms with Crippen molar-refractivity contribution in [3.63, 3.8) is 0 Å². The van der Waals surface area contributed by atoms with E-state index in [0.717, 1.165) is 5.69 Å².